The zero-order valence-corrected chi connectivity index (χ0v) is 22.4. The van der Waals surface area contributed by atoms with Crippen molar-refractivity contribution in [2.75, 3.05) is 18.1 Å². The Balaban J connectivity index is 1.47. The molecule has 1 fully saturated rings. The average molecular weight is 560 g/mol. The molecule has 1 N–H and O–H groups in total. The summed E-state index contributed by atoms with van der Waals surface area (Å²) in [5, 5.41) is 3.47. The largest absolute Gasteiger partial charge is 0.481 e. The molecule has 1 aliphatic heterocycles. The van der Waals surface area contributed by atoms with Gasteiger partial charge in [-0.1, -0.05) is 19.3 Å². The van der Waals surface area contributed by atoms with E-state index in [0.29, 0.717) is 40.0 Å². The van der Waals surface area contributed by atoms with Crippen LogP contribution in [0.1, 0.15) is 71.7 Å². The first kappa shape index (κ1) is 27.0. The number of ether oxygens (including phenoxy) is 1. The lowest BCUT2D eigenvalue weighted by Crippen LogP contribution is -2.42. The maximum atomic E-state index is 13.4. The highest BCUT2D eigenvalue weighted by atomic mass is 32.1. The lowest BCUT2D eigenvalue weighted by Gasteiger charge is -2.34. The van der Waals surface area contributed by atoms with Gasteiger partial charge in [-0.15, -0.1) is 11.3 Å². The molecule has 1 atom stereocenters. The van der Waals surface area contributed by atoms with Gasteiger partial charge in [0.2, 0.25) is 5.82 Å². The molecule has 0 bridgehead atoms. The molecule has 2 aromatic heterocycles. The van der Waals surface area contributed by atoms with E-state index in [-0.39, 0.29) is 18.1 Å². The third kappa shape index (κ3) is 5.90. The molecule has 0 radical (unpaired) electrons. The average Bonchev–Trinajstić information content (AvgIpc) is 3.35. The molecular formula is C27H28F3N5O3S. The van der Waals surface area contributed by atoms with Gasteiger partial charge in [-0.2, -0.15) is 13.2 Å². The number of aromatic nitrogens is 3. The summed E-state index contributed by atoms with van der Waals surface area (Å²) in [5.74, 6) is -0.986. The lowest BCUT2D eigenvalue weighted by atomic mass is 9.88. The number of hydrogen-bond acceptors (Lipinski definition) is 7. The Morgan fingerprint density at radius 3 is 2.51 bits per heavy atom. The molecule has 0 saturated heterocycles. The highest BCUT2D eigenvalue weighted by Crippen LogP contribution is 2.44. The Labute approximate surface area is 227 Å². The number of nitrogens with one attached hydrogen (secondary N) is 1. The van der Waals surface area contributed by atoms with Gasteiger partial charge in [-0.3, -0.25) is 9.59 Å². The minimum Gasteiger partial charge on any atom is -0.481 e. The Morgan fingerprint density at radius 2 is 1.87 bits per heavy atom. The molecule has 1 saturated carbocycles. The smallest absolute Gasteiger partial charge is 0.451 e. The second kappa shape index (κ2) is 10.9. The maximum absolute atomic E-state index is 13.4. The first-order chi connectivity index (χ1) is 18.6. The van der Waals surface area contributed by atoms with Crippen molar-refractivity contribution >= 4 is 28.8 Å². The lowest BCUT2D eigenvalue weighted by molar-refractivity contribution is -0.145. The molecule has 1 aromatic carbocycles. The fourth-order valence-electron chi connectivity index (χ4n) is 4.98. The molecular weight excluding hydrogens is 531 g/mol. The molecule has 206 valence electrons. The molecule has 2 amide bonds. The fraction of sp³-hybridized carbons (Fsp3) is 0.444. The van der Waals surface area contributed by atoms with Crippen LogP contribution in [0.15, 0.2) is 30.7 Å². The van der Waals surface area contributed by atoms with Crippen molar-refractivity contribution in [3.8, 4) is 16.3 Å². The first-order valence-corrected chi connectivity index (χ1v) is 13.7. The Morgan fingerprint density at radius 1 is 1.15 bits per heavy atom. The first-order valence-electron chi connectivity index (χ1n) is 12.8. The van der Waals surface area contributed by atoms with Gasteiger partial charge in [0.25, 0.3) is 11.8 Å². The van der Waals surface area contributed by atoms with Crippen LogP contribution in [-0.4, -0.2) is 39.9 Å². The van der Waals surface area contributed by atoms with Crippen molar-refractivity contribution in [3.63, 3.8) is 0 Å². The van der Waals surface area contributed by atoms with E-state index < -0.39 is 23.9 Å². The molecule has 8 nitrogen and oxygen atoms in total. The summed E-state index contributed by atoms with van der Waals surface area (Å²) in [4.78, 5) is 40.4. The number of benzene rings is 1. The third-order valence-corrected chi connectivity index (χ3v) is 8.00. The number of alkyl halides is 3. The van der Waals surface area contributed by atoms with Gasteiger partial charge < -0.3 is 15.0 Å². The molecule has 12 heteroatoms. The maximum Gasteiger partial charge on any atom is 0.451 e. The molecule has 3 heterocycles. The number of carbonyl (C=O) groups excluding carboxylic acids is 2. The normalized spacial score (nSPS) is 16.9. The summed E-state index contributed by atoms with van der Waals surface area (Å²) in [7, 11) is 0. The summed E-state index contributed by atoms with van der Waals surface area (Å²) in [5.41, 5.74) is 1.74. The summed E-state index contributed by atoms with van der Waals surface area (Å²) in [6.45, 7) is 4.02. The van der Waals surface area contributed by atoms with Gasteiger partial charge in [0.15, 0.2) is 12.4 Å². The van der Waals surface area contributed by atoms with Crippen molar-refractivity contribution in [2.45, 2.75) is 58.2 Å². The zero-order valence-electron chi connectivity index (χ0n) is 21.5. The quantitative estimate of drug-likeness (QED) is 0.415. The van der Waals surface area contributed by atoms with E-state index in [4.69, 9.17) is 4.74 Å². The number of nitrogens with zero attached hydrogens (tertiary/aromatic N) is 4. The van der Waals surface area contributed by atoms with Crippen LogP contribution in [0.2, 0.25) is 0 Å². The van der Waals surface area contributed by atoms with Gasteiger partial charge in [0, 0.05) is 41.1 Å². The third-order valence-electron chi connectivity index (χ3n) is 7.05. The van der Waals surface area contributed by atoms with E-state index in [1.807, 2.05) is 6.92 Å². The van der Waals surface area contributed by atoms with Crippen molar-refractivity contribution in [3.05, 3.63) is 52.6 Å². The van der Waals surface area contributed by atoms with Gasteiger partial charge >= 0.3 is 6.18 Å². The molecule has 39 heavy (non-hydrogen) atoms. The predicted octanol–water partition coefficient (Wildman–Crippen LogP) is 5.72. The van der Waals surface area contributed by atoms with E-state index in [0.717, 1.165) is 43.0 Å². The van der Waals surface area contributed by atoms with Crippen molar-refractivity contribution in [1.82, 2.24) is 20.3 Å². The summed E-state index contributed by atoms with van der Waals surface area (Å²) < 4.78 is 44.4. The topological polar surface area (TPSA) is 97.3 Å². The van der Waals surface area contributed by atoms with E-state index in [9.17, 15) is 22.8 Å². The summed E-state index contributed by atoms with van der Waals surface area (Å²) >= 11 is 1.45. The van der Waals surface area contributed by atoms with Crippen molar-refractivity contribution in [1.29, 1.82) is 0 Å². The molecule has 0 spiro atoms. The Bertz CT molecular complexity index is 1370. The van der Waals surface area contributed by atoms with E-state index >= 15 is 0 Å². The number of aryl methyl sites for hydroxylation is 1. The van der Waals surface area contributed by atoms with Crippen LogP contribution < -0.4 is 15.0 Å². The molecule has 1 aliphatic carbocycles. The molecule has 1 unspecified atom stereocenters. The van der Waals surface area contributed by atoms with Crippen molar-refractivity contribution in [2.24, 2.45) is 5.92 Å². The molecule has 2 aliphatic rings. The number of thiazole rings is 1. The molecule has 3 aromatic rings. The van der Waals surface area contributed by atoms with Gasteiger partial charge in [-0.25, -0.2) is 15.0 Å². The van der Waals surface area contributed by atoms with Crippen LogP contribution in [0, 0.1) is 12.8 Å². The number of fused-ring (bicyclic) bond motifs is 1. The monoisotopic (exact) mass is 559 g/mol. The van der Waals surface area contributed by atoms with Crippen LogP contribution in [0.25, 0.3) is 10.6 Å². The van der Waals surface area contributed by atoms with Gasteiger partial charge in [0.05, 0.1) is 17.3 Å². The highest BCUT2D eigenvalue weighted by Gasteiger charge is 2.35. The number of hydrogen-bond donors (Lipinski definition) is 1. The second-order valence-electron chi connectivity index (χ2n) is 9.98. The second-order valence-corrected chi connectivity index (χ2v) is 11.2. The standard InChI is InChI=1S/C27H28F3N5O3S/c1-15-10-31-25(39-15)20-8-18(24(37)34-16(2)19-11-32-26(33-12-19)27(28,29)30)9-21-23(20)38-14-22(36)35(21)13-17-6-4-3-5-7-17/h8-12,16-17H,3-7,13-14H2,1-2H3,(H,34,37). The Hall–Kier alpha value is -3.54. The van der Waals surface area contributed by atoms with Crippen LogP contribution in [-0.2, 0) is 11.0 Å². The van der Waals surface area contributed by atoms with E-state index in [1.165, 1.54) is 17.8 Å². The minimum atomic E-state index is -4.65. The van der Waals surface area contributed by atoms with Crippen LogP contribution >= 0.6 is 11.3 Å². The van der Waals surface area contributed by atoms with E-state index in [2.05, 4.69) is 20.3 Å². The number of amides is 2. The Kier molecular flexibility index (Phi) is 7.57. The number of rotatable bonds is 6. The van der Waals surface area contributed by atoms with Crippen LogP contribution in [0.5, 0.6) is 5.75 Å². The molecule has 5 rings (SSSR count). The zero-order chi connectivity index (χ0) is 27.7. The number of anilines is 1. The number of carbonyl (C=O) groups is 2. The van der Waals surface area contributed by atoms with Gasteiger partial charge in [-0.05, 0) is 44.7 Å². The predicted molar refractivity (Wildman–Crippen MR) is 140 cm³/mol. The summed E-state index contributed by atoms with van der Waals surface area (Å²) in [6.07, 6.45) is 4.75. The highest BCUT2D eigenvalue weighted by molar-refractivity contribution is 7.15. The van der Waals surface area contributed by atoms with Crippen LogP contribution in [0.4, 0.5) is 18.9 Å². The number of halogens is 3. The SMILES string of the molecule is Cc1cnc(-c2cc(C(=O)NC(C)c3cnc(C(F)(F)F)nc3)cc3c2OCC(=O)N3CC2CCCCC2)s1. The summed E-state index contributed by atoms with van der Waals surface area (Å²) in [6, 6.07) is 2.65. The van der Waals surface area contributed by atoms with Crippen molar-refractivity contribution < 1.29 is 27.5 Å². The minimum absolute atomic E-state index is 0.0897. The van der Waals surface area contributed by atoms with Crippen LogP contribution in [0.3, 0.4) is 0 Å². The fourth-order valence-corrected chi connectivity index (χ4v) is 5.76. The van der Waals surface area contributed by atoms with Gasteiger partial charge in [0.1, 0.15) is 5.01 Å². The van der Waals surface area contributed by atoms with E-state index in [1.54, 1.807) is 30.2 Å².